The van der Waals surface area contributed by atoms with Gasteiger partial charge < -0.3 is 5.32 Å². The maximum atomic E-state index is 4.08. The highest BCUT2D eigenvalue weighted by molar-refractivity contribution is 4.97. The minimum absolute atomic E-state index is 0.538. The van der Waals surface area contributed by atoms with E-state index in [1.807, 2.05) is 0 Å². The number of allylic oxidation sites excluding steroid dienone is 2. The van der Waals surface area contributed by atoms with Crippen LogP contribution in [-0.4, -0.2) is 6.54 Å². The van der Waals surface area contributed by atoms with E-state index in [1.54, 1.807) is 0 Å². The molecule has 0 amide bonds. The molecule has 0 bridgehead atoms. The van der Waals surface area contributed by atoms with Crippen LogP contribution in [0.2, 0.25) is 0 Å². The summed E-state index contributed by atoms with van der Waals surface area (Å²) in [5, 5.41) is 3.36. The summed E-state index contributed by atoms with van der Waals surface area (Å²) in [6, 6.07) is 0. The van der Waals surface area contributed by atoms with Crippen molar-refractivity contribution in [1.82, 2.24) is 5.32 Å². The fraction of sp³-hybridized carbons (Fsp3) is 0.714. The molecule has 0 fully saturated rings. The third-order valence-corrected chi connectivity index (χ3v) is 2.79. The van der Waals surface area contributed by atoms with Gasteiger partial charge in [-0.2, -0.15) is 0 Å². The predicted octanol–water partition coefficient (Wildman–Crippen LogP) is 4.13. The van der Waals surface area contributed by atoms with E-state index < -0.39 is 0 Å². The number of hydrogen-bond donors (Lipinski definition) is 1. The largest absolute Gasteiger partial charge is 0.389 e. The van der Waals surface area contributed by atoms with Crippen LogP contribution >= 0.6 is 0 Å². The molecule has 0 unspecified atom stereocenters. The van der Waals surface area contributed by atoms with Crippen LogP contribution in [0, 0.1) is 11.8 Å². The monoisotopic (exact) mass is 209 g/mol. The Hall–Kier alpha value is -0.720. The molecule has 1 nitrogen and oxygen atoms in total. The minimum Gasteiger partial charge on any atom is -0.389 e. The van der Waals surface area contributed by atoms with Crippen LogP contribution in [0.3, 0.4) is 0 Å². The van der Waals surface area contributed by atoms with E-state index >= 15 is 0 Å². The fourth-order valence-electron chi connectivity index (χ4n) is 1.22. The van der Waals surface area contributed by atoms with E-state index in [2.05, 4.69) is 46.2 Å². The van der Waals surface area contributed by atoms with Gasteiger partial charge in [-0.1, -0.05) is 46.4 Å². The molecule has 88 valence electrons. The minimum atomic E-state index is 0.538. The zero-order valence-electron chi connectivity index (χ0n) is 10.9. The summed E-state index contributed by atoms with van der Waals surface area (Å²) in [6.07, 6.45) is 3.60. The molecule has 0 aromatic carbocycles. The van der Waals surface area contributed by atoms with Gasteiger partial charge in [0.15, 0.2) is 0 Å². The first kappa shape index (κ1) is 14.3. The lowest BCUT2D eigenvalue weighted by molar-refractivity contribution is 0.602. The Morgan fingerprint density at radius 3 is 2.07 bits per heavy atom. The average molecular weight is 209 g/mol. The molecule has 0 saturated heterocycles. The molecule has 0 aliphatic heterocycles. The highest BCUT2D eigenvalue weighted by Gasteiger charge is 2.01. The Balaban J connectivity index is 3.40. The molecule has 0 rings (SSSR count). The van der Waals surface area contributed by atoms with E-state index in [0.29, 0.717) is 11.8 Å². The molecule has 0 saturated carbocycles. The Kier molecular flexibility index (Phi) is 7.19. The van der Waals surface area contributed by atoms with Gasteiger partial charge in [0.1, 0.15) is 0 Å². The molecule has 15 heavy (non-hydrogen) atoms. The van der Waals surface area contributed by atoms with Crippen molar-refractivity contribution in [3.05, 3.63) is 24.4 Å². The lowest BCUT2D eigenvalue weighted by Gasteiger charge is -2.13. The van der Waals surface area contributed by atoms with Crippen molar-refractivity contribution in [2.75, 3.05) is 6.54 Å². The van der Waals surface area contributed by atoms with Gasteiger partial charge in [0.2, 0.25) is 0 Å². The second-order valence-corrected chi connectivity index (χ2v) is 4.88. The molecule has 0 aliphatic carbocycles. The van der Waals surface area contributed by atoms with Gasteiger partial charge in [-0.15, -0.1) is 0 Å². The lowest BCUT2D eigenvalue weighted by Crippen LogP contribution is -2.17. The van der Waals surface area contributed by atoms with Crippen molar-refractivity contribution in [3.8, 4) is 0 Å². The predicted molar refractivity (Wildman–Crippen MR) is 69.8 cm³/mol. The second kappa shape index (κ2) is 7.56. The maximum absolute atomic E-state index is 4.08. The van der Waals surface area contributed by atoms with Gasteiger partial charge in [0, 0.05) is 12.2 Å². The first-order valence-electron chi connectivity index (χ1n) is 6.05. The molecule has 1 N–H and O–H groups in total. The van der Waals surface area contributed by atoms with Crippen LogP contribution in [0.4, 0.5) is 0 Å². The van der Waals surface area contributed by atoms with Crippen LogP contribution in [0.15, 0.2) is 24.4 Å². The lowest BCUT2D eigenvalue weighted by atomic mass is 9.99. The fourth-order valence-corrected chi connectivity index (χ4v) is 1.22. The Labute approximate surface area is 95.7 Å². The van der Waals surface area contributed by atoms with Gasteiger partial charge in [0.05, 0.1) is 0 Å². The normalized spacial score (nSPS) is 10.8. The van der Waals surface area contributed by atoms with Crippen LogP contribution in [0.5, 0.6) is 0 Å². The van der Waals surface area contributed by atoms with Crippen molar-refractivity contribution in [3.63, 3.8) is 0 Å². The average Bonchev–Trinajstić information content (AvgIpc) is 2.16. The van der Waals surface area contributed by atoms with Gasteiger partial charge in [0.25, 0.3) is 0 Å². The highest BCUT2D eigenvalue weighted by Crippen LogP contribution is 2.14. The van der Waals surface area contributed by atoms with Gasteiger partial charge in [-0.25, -0.2) is 0 Å². The van der Waals surface area contributed by atoms with Crippen molar-refractivity contribution in [2.45, 2.75) is 47.0 Å². The maximum Gasteiger partial charge on any atom is 0.0143 e. The van der Waals surface area contributed by atoms with E-state index in [1.165, 1.54) is 18.4 Å². The second-order valence-electron chi connectivity index (χ2n) is 4.88. The molecular formula is C14H27N. The molecular weight excluding hydrogens is 182 g/mol. The van der Waals surface area contributed by atoms with E-state index in [9.17, 15) is 0 Å². The van der Waals surface area contributed by atoms with Crippen LogP contribution in [0.1, 0.15) is 47.0 Å². The molecule has 0 heterocycles. The van der Waals surface area contributed by atoms with Crippen molar-refractivity contribution in [2.24, 2.45) is 11.8 Å². The van der Waals surface area contributed by atoms with Crippen molar-refractivity contribution < 1.29 is 0 Å². The number of nitrogens with one attached hydrogen (secondary N) is 1. The van der Waals surface area contributed by atoms with E-state index in [0.717, 1.165) is 18.7 Å². The topological polar surface area (TPSA) is 12.0 Å². The van der Waals surface area contributed by atoms with Crippen molar-refractivity contribution >= 4 is 0 Å². The van der Waals surface area contributed by atoms with E-state index in [4.69, 9.17) is 0 Å². The summed E-state index contributed by atoms with van der Waals surface area (Å²) in [7, 11) is 0. The molecule has 1 heteroatoms. The first-order chi connectivity index (χ1) is 6.95. The van der Waals surface area contributed by atoms with Gasteiger partial charge >= 0.3 is 0 Å². The summed E-state index contributed by atoms with van der Waals surface area (Å²) in [5.74, 6) is 1.17. The molecule has 0 radical (unpaired) electrons. The molecule has 0 aliphatic rings. The summed E-state index contributed by atoms with van der Waals surface area (Å²) < 4.78 is 0. The van der Waals surface area contributed by atoms with Crippen LogP contribution < -0.4 is 5.32 Å². The zero-order chi connectivity index (χ0) is 11.8. The molecule has 0 atom stereocenters. The summed E-state index contributed by atoms with van der Waals surface area (Å²) in [5.41, 5.74) is 2.52. The number of rotatable bonds is 8. The zero-order valence-corrected chi connectivity index (χ0v) is 10.9. The third-order valence-electron chi connectivity index (χ3n) is 2.79. The Morgan fingerprint density at radius 2 is 1.60 bits per heavy atom. The highest BCUT2D eigenvalue weighted by atomic mass is 14.9. The number of unbranched alkanes of at least 4 members (excludes halogenated alkanes) is 1. The Bertz CT molecular complexity index is 179. The SMILES string of the molecule is C=C(CCCCNC(=C)C(C)C)C(C)C. The van der Waals surface area contributed by atoms with Gasteiger partial charge in [-0.3, -0.25) is 0 Å². The summed E-state index contributed by atoms with van der Waals surface area (Å²) in [4.78, 5) is 0. The quantitative estimate of drug-likeness (QED) is 0.468. The van der Waals surface area contributed by atoms with Crippen molar-refractivity contribution in [1.29, 1.82) is 0 Å². The van der Waals surface area contributed by atoms with Gasteiger partial charge in [-0.05, 0) is 31.1 Å². The standard InChI is InChI=1S/C14H27N/c1-11(2)13(5)9-7-8-10-15-14(6)12(3)4/h11-12,15H,5-10H2,1-4H3. The Morgan fingerprint density at radius 1 is 1.00 bits per heavy atom. The van der Waals surface area contributed by atoms with Crippen LogP contribution in [0.25, 0.3) is 0 Å². The molecule has 0 spiro atoms. The smallest absolute Gasteiger partial charge is 0.0143 e. The molecule has 0 aromatic heterocycles. The van der Waals surface area contributed by atoms with Crippen LogP contribution in [-0.2, 0) is 0 Å². The summed E-state index contributed by atoms with van der Waals surface area (Å²) in [6.45, 7) is 17.9. The first-order valence-corrected chi connectivity index (χ1v) is 6.05. The van der Waals surface area contributed by atoms with E-state index in [-0.39, 0.29) is 0 Å². The molecule has 0 aromatic rings. The third kappa shape index (κ3) is 7.24. The number of hydrogen-bond acceptors (Lipinski definition) is 1. The summed E-state index contributed by atoms with van der Waals surface area (Å²) >= 11 is 0.